The molecule has 1 saturated heterocycles. The summed E-state index contributed by atoms with van der Waals surface area (Å²) in [6, 6.07) is 3.40. The third-order valence-electron chi connectivity index (χ3n) is 2.51. The van der Waals surface area contributed by atoms with Gasteiger partial charge < -0.3 is 10.0 Å². The Morgan fingerprint density at radius 1 is 1.50 bits per heavy atom. The molecule has 0 amide bonds. The number of halogens is 1. The number of aliphatic hydroxyl groups is 1. The maximum Gasteiger partial charge on any atom is 0.274 e. The number of nitrogens with zero attached hydrogens (tertiary/aromatic N) is 2. The number of benzene rings is 1. The molecule has 6 heteroatoms. The first-order valence-electron chi connectivity index (χ1n) is 4.80. The van der Waals surface area contributed by atoms with E-state index in [4.69, 9.17) is 0 Å². The Morgan fingerprint density at radius 2 is 2.12 bits per heavy atom. The molecule has 1 N–H and O–H groups in total. The van der Waals surface area contributed by atoms with Crippen LogP contribution in [0.2, 0.25) is 0 Å². The van der Waals surface area contributed by atoms with Crippen molar-refractivity contribution >= 4 is 11.4 Å². The third kappa shape index (κ3) is 1.96. The van der Waals surface area contributed by atoms with Crippen LogP contribution < -0.4 is 4.90 Å². The molecule has 2 rings (SSSR count). The van der Waals surface area contributed by atoms with Crippen molar-refractivity contribution in [3.05, 3.63) is 34.1 Å². The molecule has 1 fully saturated rings. The molecular formula is C10H11FN2O3. The summed E-state index contributed by atoms with van der Waals surface area (Å²) in [5.74, 6) is -0.643. The largest absolute Gasteiger partial charge is 0.386 e. The van der Waals surface area contributed by atoms with Crippen molar-refractivity contribution in [2.24, 2.45) is 0 Å². The SMILES string of the molecule is CC1(O)CN(c2cc(F)cc([N+](=O)[O-])c2)C1. The Morgan fingerprint density at radius 3 is 2.62 bits per heavy atom. The van der Waals surface area contributed by atoms with Crippen molar-refractivity contribution in [1.29, 1.82) is 0 Å². The second-order valence-electron chi connectivity index (χ2n) is 4.28. The number of anilines is 1. The summed E-state index contributed by atoms with van der Waals surface area (Å²) < 4.78 is 13.1. The Bertz CT molecular complexity index is 440. The van der Waals surface area contributed by atoms with E-state index in [9.17, 15) is 19.6 Å². The highest BCUT2D eigenvalue weighted by Gasteiger charge is 2.37. The first-order chi connectivity index (χ1) is 7.37. The van der Waals surface area contributed by atoms with Gasteiger partial charge in [0.05, 0.1) is 16.6 Å². The van der Waals surface area contributed by atoms with Crippen LogP contribution in [0.4, 0.5) is 15.8 Å². The fraction of sp³-hybridized carbons (Fsp3) is 0.400. The average Bonchev–Trinajstić information content (AvgIpc) is 2.12. The Labute approximate surface area is 91.3 Å². The molecule has 1 aliphatic rings. The van der Waals surface area contributed by atoms with Crippen LogP contribution in [0.5, 0.6) is 0 Å². The molecule has 0 bridgehead atoms. The molecule has 86 valence electrons. The summed E-state index contributed by atoms with van der Waals surface area (Å²) in [7, 11) is 0. The highest BCUT2D eigenvalue weighted by Crippen LogP contribution is 2.30. The van der Waals surface area contributed by atoms with Crippen molar-refractivity contribution in [1.82, 2.24) is 0 Å². The monoisotopic (exact) mass is 226 g/mol. The van der Waals surface area contributed by atoms with Crippen LogP contribution in [-0.2, 0) is 0 Å². The van der Waals surface area contributed by atoms with Gasteiger partial charge in [-0.05, 0) is 13.0 Å². The zero-order valence-electron chi connectivity index (χ0n) is 8.68. The molecule has 1 aromatic rings. The predicted octanol–water partition coefficient (Wildman–Crippen LogP) is 1.30. The van der Waals surface area contributed by atoms with E-state index >= 15 is 0 Å². The van der Waals surface area contributed by atoms with Crippen LogP contribution in [0.25, 0.3) is 0 Å². The van der Waals surface area contributed by atoms with Gasteiger partial charge in [-0.1, -0.05) is 0 Å². The van der Waals surface area contributed by atoms with Gasteiger partial charge in [-0.25, -0.2) is 4.39 Å². The number of non-ortho nitro benzene ring substituents is 1. The van der Waals surface area contributed by atoms with Crippen molar-refractivity contribution in [2.45, 2.75) is 12.5 Å². The Kier molecular flexibility index (Phi) is 2.31. The summed E-state index contributed by atoms with van der Waals surface area (Å²) in [4.78, 5) is 11.6. The predicted molar refractivity (Wildman–Crippen MR) is 55.9 cm³/mol. The first-order valence-corrected chi connectivity index (χ1v) is 4.80. The second kappa shape index (κ2) is 3.41. The van der Waals surface area contributed by atoms with Crippen LogP contribution in [0.1, 0.15) is 6.92 Å². The Hall–Kier alpha value is -1.69. The van der Waals surface area contributed by atoms with Gasteiger partial charge in [0.1, 0.15) is 5.82 Å². The summed E-state index contributed by atoms with van der Waals surface area (Å²) in [6.45, 7) is 2.37. The molecule has 0 spiro atoms. The molecule has 0 radical (unpaired) electrons. The molecule has 0 atom stereocenters. The number of nitro groups is 1. The number of hydrogen-bond donors (Lipinski definition) is 1. The van der Waals surface area contributed by atoms with Crippen LogP contribution in [0.3, 0.4) is 0 Å². The molecule has 0 unspecified atom stereocenters. The van der Waals surface area contributed by atoms with Crippen molar-refractivity contribution in [3.8, 4) is 0 Å². The van der Waals surface area contributed by atoms with E-state index < -0.39 is 16.3 Å². The molecule has 0 saturated carbocycles. The number of β-amino-alcohol motifs (C(OH)–C–C–N with tert-alkyl or cyclic N) is 1. The van der Waals surface area contributed by atoms with Gasteiger partial charge in [-0.3, -0.25) is 10.1 Å². The standard InChI is InChI=1S/C10H11FN2O3/c1-10(14)5-12(6-10)8-2-7(11)3-9(4-8)13(15)16/h2-4,14H,5-6H2,1H3. The zero-order valence-corrected chi connectivity index (χ0v) is 8.68. The van der Waals surface area contributed by atoms with E-state index in [2.05, 4.69) is 0 Å². The van der Waals surface area contributed by atoms with Gasteiger partial charge in [-0.2, -0.15) is 0 Å². The molecule has 5 nitrogen and oxygen atoms in total. The van der Waals surface area contributed by atoms with Crippen LogP contribution in [0, 0.1) is 15.9 Å². The van der Waals surface area contributed by atoms with Gasteiger partial charge in [0.2, 0.25) is 0 Å². The minimum atomic E-state index is -0.791. The molecule has 16 heavy (non-hydrogen) atoms. The zero-order chi connectivity index (χ0) is 11.9. The van der Waals surface area contributed by atoms with E-state index in [-0.39, 0.29) is 5.69 Å². The molecular weight excluding hydrogens is 215 g/mol. The lowest BCUT2D eigenvalue weighted by atomic mass is 9.96. The molecule has 1 aromatic carbocycles. The lowest BCUT2D eigenvalue weighted by Crippen LogP contribution is -2.60. The van der Waals surface area contributed by atoms with Crippen molar-refractivity contribution < 1.29 is 14.4 Å². The Balaban J connectivity index is 2.26. The van der Waals surface area contributed by atoms with E-state index in [1.165, 1.54) is 12.1 Å². The summed E-state index contributed by atoms with van der Waals surface area (Å²) in [6.07, 6.45) is 0. The topological polar surface area (TPSA) is 66.6 Å². The highest BCUT2D eigenvalue weighted by atomic mass is 19.1. The van der Waals surface area contributed by atoms with Crippen LogP contribution in [-0.4, -0.2) is 28.7 Å². The molecule has 1 aliphatic heterocycles. The fourth-order valence-electron chi connectivity index (χ4n) is 1.81. The molecule has 0 aliphatic carbocycles. The van der Waals surface area contributed by atoms with Crippen molar-refractivity contribution in [2.75, 3.05) is 18.0 Å². The maximum absolute atomic E-state index is 13.1. The van der Waals surface area contributed by atoms with Gasteiger partial charge in [0.25, 0.3) is 5.69 Å². The maximum atomic E-state index is 13.1. The summed E-state index contributed by atoms with van der Waals surface area (Å²) >= 11 is 0. The highest BCUT2D eigenvalue weighted by molar-refractivity contribution is 5.56. The van der Waals surface area contributed by atoms with Gasteiger partial charge >= 0.3 is 0 Å². The lowest BCUT2D eigenvalue weighted by Gasteiger charge is -2.45. The quantitative estimate of drug-likeness (QED) is 0.609. The number of hydrogen-bond acceptors (Lipinski definition) is 4. The van der Waals surface area contributed by atoms with Gasteiger partial charge in [0, 0.05) is 24.8 Å². The van der Waals surface area contributed by atoms with Gasteiger partial charge in [-0.15, -0.1) is 0 Å². The smallest absolute Gasteiger partial charge is 0.274 e. The minimum absolute atomic E-state index is 0.276. The molecule has 1 heterocycles. The first kappa shape index (κ1) is 10.8. The lowest BCUT2D eigenvalue weighted by molar-refractivity contribution is -0.385. The van der Waals surface area contributed by atoms with E-state index in [1.807, 2.05) is 0 Å². The second-order valence-corrected chi connectivity index (χ2v) is 4.28. The number of nitro benzene ring substituents is 1. The molecule has 0 aromatic heterocycles. The third-order valence-corrected chi connectivity index (χ3v) is 2.51. The fourth-order valence-corrected chi connectivity index (χ4v) is 1.81. The van der Waals surface area contributed by atoms with Gasteiger partial charge in [0.15, 0.2) is 0 Å². The number of rotatable bonds is 2. The summed E-state index contributed by atoms with van der Waals surface area (Å²) in [5, 5.41) is 20.1. The van der Waals surface area contributed by atoms with Crippen molar-refractivity contribution in [3.63, 3.8) is 0 Å². The van der Waals surface area contributed by atoms with E-state index in [0.717, 1.165) is 6.07 Å². The minimum Gasteiger partial charge on any atom is -0.386 e. The van der Waals surface area contributed by atoms with Crippen LogP contribution in [0.15, 0.2) is 18.2 Å². The summed E-state index contributed by atoms with van der Waals surface area (Å²) in [5.41, 5.74) is -0.638. The normalized spacial score (nSPS) is 18.1. The van der Waals surface area contributed by atoms with E-state index in [0.29, 0.717) is 18.8 Å². The van der Waals surface area contributed by atoms with Crippen LogP contribution >= 0.6 is 0 Å². The average molecular weight is 226 g/mol. The van der Waals surface area contributed by atoms with E-state index in [1.54, 1.807) is 11.8 Å².